The Balaban J connectivity index is 2.18. The Morgan fingerprint density at radius 1 is 1.50 bits per heavy atom. The number of hydrogen-bond acceptors (Lipinski definition) is 5. The van der Waals surface area contributed by atoms with Crippen LogP contribution in [0, 0.1) is 11.3 Å². The highest BCUT2D eigenvalue weighted by Gasteiger charge is 2.24. The molecule has 6 nitrogen and oxygen atoms in total. The molecule has 1 fully saturated rings. The Morgan fingerprint density at radius 3 is 2.69 bits per heavy atom. The van der Waals surface area contributed by atoms with Gasteiger partial charge < -0.3 is 5.32 Å². The third-order valence-corrected chi connectivity index (χ3v) is 3.77. The summed E-state index contributed by atoms with van der Waals surface area (Å²) in [5.74, 6) is 0. The Morgan fingerprint density at radius 2 is 2.25 bits per heavy atom. The average Bonchev–Trinajstić information content (AvgIpc) is 2.24. The van der Waals surface area contributed by atoms with Crippen molar-refractivity contribution >= 4 is 10.0 Å². The number of nitrogens with zero attached hydrogens (tertiary/aromatic N) is 2. The smallest absolute Gasteiger partial charge is 0.242 e. The zero-order valence-corrected chi connectivity index (χ0v) is 9.16. The second kappa shape index (κ2) is 4.17. The normalized spacial score (nSPS) is 16.4. The van der Waals surface area contributed by atoms with E-state index in [1.54, 1.807) is 0 Å². The van der Waals surface area contributed by atoms with Crippen molar-refractivity contribution in [3.8, 4) is 6.07 Å². The zero-order valence-electron chi connectivity index (χ0n) is 8.34. The molecular formula is C9H10N4O2S. The predicted octanol–water partition coefficient (Wildman–Crippen LogP) is -0.797. The van der Waals surface area contributed by atoms with E-state index in [0.29, 0.717) is 13.1 Å². The van der Waals surface area contributed by atoms with E-state index in [-0.39, 0.29) is 16.6 Å². The lowest BCUT2D eigenvalue weighted by Crippen LogP contribution is -2.56. The van der Waals surface area contributed by atoms with Crippen LogP contribution in [0.5, 0.6) is 0 Å². The van der Waals surface area contributed by atoms with Crippen LogP contribution >= 0.6 is 0 Å². The van der Waals surface area contributed by atoms with Crippen molar-refractivity contribution in [1.82, 2.24) is 15.0 Å². The molecule has 1 aliphatic heterocycles. The molecule has 1 aromatic heterocycles. The molecule has 16 heavy (non-hydrogen) atoms. The van der Waals surface area contributed by atoms with Gasteiger partial charge in [0.15, 0.2) is 0 Å². The molecule has 2 N–H and O–H groups in total. The van der Waals surface area contributed by atoms with Crippen LogP contribution in [-0.4, -0.2) is 32.5 Å². The number of pyridine rings is 1. The van der Waals surface area contributed by atoms with Gasteiger partial charge in [-0.2, -0.15) is 5.26 Å². The first-order chi connectivity index (χ1) is 7.62. The van der Waals surface area contributed by atoms with Gasteiger partial charge in [-0.1, -0.05) is 0 Å². The molecule has 0 bridgehead atoms. The van der Waals surface area contributed by atoms with Gasteiger partial charge in [-0.25, -0.2) is 18.1 Å². The largest absolute Gasteiger partial charge is 0.313 e. The molecule has 1 aromatic rings. The number of aromatic nitrogens is 1. The van der Waals surface area contributed by atoms with Crippen LogP contribution in [0.15, 0.2) is 23.2 Å². The fourth-order valence-electron chi connectivity index (χ4n) is 1.26. The molecule has 0 spiro atoms. The standard InChI is InChI=1S/C9H10N4O2S/c10-3-7-1-2-9(6-12-7)16(14,15)13-8-4-11-5-8/h1-2,6,8,11,13H,4-5H2. The Kier molecular flexibility index (Phi) is 2.87. The van der Waals surface area contributed by atoms with E-state index in [1.165, 1.54) is 18.3 Å². The highest BCUT2D eigenvalue weighted by Crippen LogP contribution is 2.09. The Hall–Kier alpha value is -1.49. The molecule has 0 aromatic carbocycles. The van der Waals surface area contributed by atoms with Crippen LogP contribution in [0.25, 0.3) is 0 Å². The van der Waals surface area contributed by atoms with Crippen LogP contribution in [0.1, 0.15) is 5.69 Å². The maximum absolute atomic E-state index is 11.8. The van der Waals surface area contributed by atoms with Gasteiger partial charge in [0.1, 0.15) is 16.7 Å². The van der Waals surface area contributed by atoms with Crippen LogP contribution in [0.4, 0.5) is 0 Å². The van der Waals surface area contributed by atoms with E-state index < -0.39 is 10.0 Å². The fourth-order valence-corrected chi connectivity index (χ4v) is 2.45. The first-order valence-electron chi connectivity index (χ1n) is 4.71. The van der Waals surface area contributed by atoms with Gasteiger partial charge in [0.2, 0.25) is 10.0 Å². The van der Waals surface area contributed by atoms with Crippen molar-refractivity contribution in [3.63, 3.8) is 0 Å². The molecule has 0 unspecified atom stereocenters. The van der Waals surface area contributed by atoms with Gasteiger partial charge in [0.05, 0.1) is 0 Å². The molecule has 0 aliphatic carbocycles. The van der Waals surface area contributed by atoms with Gasteiger partial charge in [0.25, 0.3) is 0 Å². The number of nitrogens with one attached hydrogen (secondary N) is 2. The summed E-state index contributed by atoms with van der Waals surface area (Å²) in [5.41, 5.74) is 0.198. The van der Waals surface area contributed by atoms with E-state index in [0.717, 1.165) is 0 Å². The second-order valence-corrected chi connectivity index (χ2v) is 5.18. The number of rotatable bonds is 3. The van der Waals surface area contributed by atoms with Gasteiger partial charge in [-0.05, 0) is 12.1 Å². The average molecular weight is 238 g/mol. The van der Waals surface area contributed by atoms with Gasteiger partial charge in [-0.15, -0.1) is 0 Å². The van der Waals surface area contributed by atoms with Gasteiger partial charge in [-0.3, -0.25) is 0 Å². The molecule has 0 amide bonds. The summed E-state index contributed by atoms with van der Waals surface area (Å²) >= 11 is 0. The Labute approximate surface area is 93.4 Å². The summed E-state index contributed by atoms with van der Waals surface area (Å²) in [7, 11) is -3.51. The molecule has 1 aliphatic rings. The molecule has 84 valence electrons. The van der Waals surface area contributed by atoms with Crippen molar-refractivity contribution in [2.75, 3.05) is 13.1 Å². The van der Waals surface area contributed by atoms with E-state index in [4.69, 9.17) is 5.26 Å². The number of hydrogen-bond donors (Lipinski definition) is 2. The minimum Gasteiger partial charge on any atom is -0.313 e. The van der Waals surface area contributed by atoms with E-state index in [1.807, 2.05) is 6.07 Å². The lowest BCUT2D eigenvalue weighted by atomic mass is 10.2. The molecule has 1 saturated heterocycles. The number of sulfonamides is 1. The molecule has 2 rings (SSSR count). The molecule has 0 radical (unpaired) electrons. The van der Waals surface area contributed by atoms with Crippen molar-refractivity contribution in [2.45, 2.75) is 10.9 Å². The topological polar surface area (TPSA) is 94.9 Å². The third-order valence-electron chi connectivity index (χ3n) is 2.26. The fraction of sp³-hybridized carbons (Fsp3) is 0.333. The van der Waals surface area contributed by atoms with Crippen molar-refractivity contribution < 1.29 is 8.42 Å². The molecular weight excluding hydrogens is 228 g/mol. The summed E-state index contributed by atoms with van der Waals surface area (Å²) in [6.45, 7) is 1.28. The van der Waals surface area contributed by atoms with E-state index >= 15 is 0 Å². The summed E-state index contributed by atoms with van der Waals surface area (Å²) in [5, 5.41) is 11.5. The van der Waals surface area contributed by atoms with Crippen molar-refractivity contribution in [2.24, 2.45) is 0 Å². The zero-order chi connectivity index (χ0) is 11.6. The summed E-state index contributed by atoms with van der Waals surface area (Å²) in [4.78, 5) is 3.80. The van der Waals surface area contributed by atoms with Crippen molar-refractivity contribution in [1.29, 1.82) is 5.26 Å². The molecule has 2 heterocycles. The highest BCUT2D eigenvalue weighted by atomic mass is 32.2. The van der Waals surface area contributed by atoms with E-state index in [9.17, 15) is 8.42 Å². The maximum Gasteiger partial charge on any atom is 0.242 e. The maximum atomic E-state index is 11.8. The van der Waals surface area contributed by atoms with Crippen molar-refractivity contribution in [3.05, 3.63) is 24.0 Å². The quantitative estimate of drug-likeness (QED) is 0.719. The van der Waals surface area contributed by atoms with Gasteiger partial charge >= 0.3 is 0 Å². The lowest BCUT2D eigenvalue weighted by molar-refractivity contribution is 0.410. The van der Waals surface area contributed by atoms with Crippen LogP contribution < -0.4 is 10.0 Å². The monoisotopic (exact) mass is 238 g/mol. The van der Waals surface area contributed by atoms with Gasteiger partial charge in [0, 0.05) is 25.3 Å². The predicted molar refractivity (Wildman–Crippen MR) is 55.9 cm³/mol. The first-order valence-corrected chi connectivity index (χ1v) is 6.19. The second-order valence-electron chi connectivity index (χ2n) is 3.47. The molecule has 0 atom stereocenters. The first kappa shape index (κ1) is 11.0. The van der Waals surface area contributed by atoms with Crippen LogP contribution in [0.2, 0.25) is 0 Å². The minimum atomic E-state index is -3.51. The third kappa shape index (κ3) is 2.19. The highest BCUT2D eigenvalue weighted by molar-refractivity contribution is 7.89. The molecule has 7 heteroatoms. The Bertz CT molecular complexity index is 513. The SMILES string of the molecule is N#Cc1ccc(S(=O)(=O)NC2CNC2)cn1. The van der Waals surface area contributed by atoms with E-state index in [2.05, 4.69) is 15.0 Å². The van der Waals surface area contributed by atoms with Crippen LogP contribution in [-0.2, 0) is 10.0 Å². The van der Waals surface area contributed by atoms with Crippen LogP contribution in [0.3, 0.4) is 0 Å². The summed E-state index contributed by atoms with van der Waals surface area (Å²) in [6, 6.07) is 4.53. The minimum absolute atomic E-state index is 0.0550. The summed E-state index contributed by atoms with van der Waals surface area (Å²) in [6.07, 6.45) is 1.19. The molecule has 0 saturated carbocycles. The summed E-state index contributed by atoms with van der Waals surface area (Å²) < 4.78 is 26.1. The number of nitriles is 1. The lowest BCUT2D eigenvalue weighted by Gasteiger charge is -2.27.